The molecule has 2 aromatic rings. The molecule has 0 atom stereocenters. The number of likely N-dealkylation sites (tertiary alicyclic amines) is 1. The van der Waals surface area contributed by atoms with Crippen molar-refractivity contribution < 1.29 is 14.3 Å². The fourth-order valence-electron chi connectivity index (χ4n) is 3.30. The summed E-state index contributed by atoms with van der Waals surface area (Å²) in [7, 11) is 0. The zero-order chi connectivity index (χ0) is 16.6. The number of hydrogen-bond donors (Lipinski definition) is 1. The maximum atomic E-state index is 12.5. The lowest BCUT2D eigenvalue weighted by molar-refractivity contribution is -0.131. The normalized spacial score (nSPS) is 16.0. The van der Waals surface area contributed by atoms with Gasteiger partial charge in [-0.3, -0.25) is 9.59 Å². The Morgan fingerprint density at radius 2 is 2.04 bits per heavy atom. The molecule has 1 aromatic heterocycles. The lowest BCUT2D eigenvalue weighted by atomic mass is 9.91. The molecule has 0 spiro atoms. The Hall–Kier alpha value is -2.30. The summed E-state index contributed by atoms with van der Waals surface area (Å²) in [6, 6.07) is 4.57. The highest BCUT2D eigenvalue weighted by Crippen LogP contribution is 2.32. The summed E-state index contributed by atoms with van der Waals surface area (Å²) in [5.41, 5.74) is 0.999. The zero-order valence-electron chi connectivity index (χ0n) is 13.5. The van der Waals surface area contributed by atoms with E-state index in [0.717, 1.165) is 12.8 Å². The van der Waals surface area contributed by atoms with Crippen LogP contribution in [0, 0.1) is 6.92 Å². The van der Waals surface area contributed by atoms with E-state index in [0.29, 0.717) is 41.8 Å². The molecule has 5 heteroatoms. The number of nitrogens with zero attached hydrogens (tertiary/aromatic N) is 1. The first-order chi connectivity index (χ1) is 11.0. The Balaban J connectivity index is 1.93. The molecule has 0 unspecified atom stereocenters. The molecule has 1 amide bonds. The maximum absolute atomic E-state index is 12.5. The predicted molar refractivity (Wildman–Crippen MR) is 87.7 cm³/mol. The highest BCUT2D eigenvalue weighted by atomic mass is 16.3. The van der Waals surface area contributed by atoms with Gasteiger partial charge in [-0.15, -0.1) is 0 Å². The third-order valence-electron chi connectivity index (χ3n) is 4.66. The SMILES string of the molecule is CCC(=O)N1CCC(c2oc3cc(O)ccc3c(=O)c2C)CC1. The number of amides is 1. The van der Waals surface area contributed by atoms with E-state index in [-0.39, 0.29) is 23.0 Å². The second-order valence-corrected chi connectivity index (χ2v) is 6.11. The quantitative estimate of drug-likeness (QED) is 0.925. The van der Waals surface area contributed by atoms with Crippen LogP contribution in [-0.2, 0) is 4.79 Å². The van der Waals surface area contributed by atoms with Crippen LogP contribution in [-0.4, -0.2) is 29.0 Å². The smallest absolute Gasteiger partial charge is 0.222 e. The molecule has 23 heavy (non-hydrogen) atoms. The van der Waals surface area contributed by atoms with Crippen molar-refractivity contribution in [3.8, 4) is 5.75 Å². The topological polar surface area (TPSA) is 70.8 Å². The molecule has 1 aromatic carbocycles. The van der Waals surface area contributed by atoms with E-state index in [1.807, 2.05) is 11.8 Å². The van der Waals surface area contributed by atoms with Crippen molar-refractivity contribution >= 4 is 16.9 Å². The van der Waals surface area contributed by atoms with Gasteiger partial charge in [0.15, 0.2) is 5.43 Å². The van der Waals surface area contributed by atoms with Gasteiger partial charge < -0.3 is 14.4 Å². The number of benzene rings is 1. The molecule has 3 rings (SSSR count). The fourth-order valence-corrected chi connectivity index (χ4v) is 3.30. The van der Waals surface area contributed by atoms with Gasteiger partial charge in [0, 0.05) is 37.1 Å². The molecule has 1 saturated heterocycles. The zero-order valence-corrected chi connectivity index (χ0v) is 13.5. The maximum Gasteiger partial charge on any atom is 0.222 e. The van der Waals surface area contributed by atoms with Crippen LogP contribution in [0.5, 0.6) is 5.75 Å². The molecule has 1 aliphatic heterocycles. The Bertz CT molecular complexity index is 801. The molecular weight excluding hydrogens is 294 g/mol. The number of hydrogen-bond acceptors (Lipinski definition) is 4. The first-order valence-corrected chi connectivity index (χ1v) is 8.05. The van der Waals surface area contributed by atoms with Crippen LogP contribution in [0.15, 0.2) is 27.4 Å². The van der Waals surface area contributed by atoms with Crippen molar-refractivity contribution in [3.05, 3.63) is 39.7 Å². The van der Waals surface area contributed by atoms with Crippen LogP contribution in [0.3, 0.4) is 0 Å². The Morgan fingerprint density at radius 1 is 1.35 bits per heavy atom. The molecule has 1 fully saturated rings. The number of carbonyl (C=O) groups is 1. The van der Waals surface area contributed by atoms with Gasteiger partial charge in [0.1, 0.15) is 17.1 Å². The molecule has 0 saturated carbocycles. The van der Waals surface area contributed by atoms with E-state index in [1.165, 1.54) is 12.1 Å². The van der Waals surface area contributed by atoms with Crippen LogP contribution in [0.1, 0.15) is 43.4 Å². The Kier molecular flexibility index (Phi) is 4.11. The van der Waals surface area contributed by atoms with Crippen molar-refractivity contribution in [2.24, 2.45) is 0 Å². The average Bonchev–Trinajstić information content (AvgIpc) is 2.57. The van der Waals surface area contributed by atoms with Crippen molar-refractivity contribution in [2.75, 3.05) is 13.1 Å². The Morgan fingerprint density at radius 3 is 2.70 bits per heavy atom. The minimum atomic E-state index is -0.0479. The standard InChI is InChI=1S/C18H21NO4/c1-3-16(21)19-8-6-12(7-9-19)18-11(2)17(22)14-5-4-13(20)10-15(14)23-18/h4-5,10,12,20H,3,6-9H2,1-2H3. The highest BCUT2D eigenvalue weighted by Gasteiger charge is 2.27. The van der Waals surface area contributed by atoms with Crippen LogP contribution in [0.4, 0.5) is 0 Å². The number of piperidine rings is 1. The number of carbonyl (C=O) groups excluding carboxylic acids is 1. The second-order valence-electron chi connectivity index (χ2n) is 6.11. The van der Waals surface area contributed by atoms with Crippen molar-refractivity contribution in [1.82, 2.24) is 4.90 Å². The number of fused-ring (bicyclic) bond motifs is 1. The lowest BCUT2D eigenvalue weighted by Crippen LogP contribution is -2.37. The molecular formula is C18H21NO4. The van der Waals surface area contributed by atoms with Crippen molar-refractivity contribution in [1.29, 1.82) is 0 Å². The summed E-state index contributed by atoms with van der Waals surface area (Å²) in [6.45, 7) is 5.04. The summed E-state index contributed by atoms with van der Waals surface area (Å²) in [5, 5.41) is 10.1. The van der Waals surface area contributed by atoms with Gasteiger partial charge in [-0.25, -0.2) is 0 Å². The molecule has 0 aliphatic carbocycles. The monoisotopic (exact) mass is 315 g/mol. The van der Waals surface area contributed by atoms with Gasteiger partial charge >= 0.3 is 0 Å². The Labute approximate surface area is 134 Å². The summed E-state index contributed by atoms with van der Waals surface area (Å²) in [5.74, 6) is 1.08. The molecule has 5 nitrogen and oxygen atoms in total. The predicted octanol–water partition coefficient (Wildman–Crippen LogP) is 2.92. The summed E-state index contributed by atoms with van der Waals surface area (Å²) < 4.78 is 5.95. The molecule has 1 aliphatic rings. The molecule has 2 heterocycles. The number of phenols is 1. The van der Waals surface area contributed by atoms with Gasteiger partial charge in [0.05, 0.1) is 5.39 Å². The van der Waals surface area contributed by atoms with Crippen molar-refractivity contribution in [3.63, 3.8) is 0 Å². The van der Waals surface area contributed by atoms with E-state index < -0.39 is 0 Å². The first kappa shape index (κ1) is 15.6. The summed E-state index contributed by atoms with van der Waals surface area (Å²) in [4.78, 5) is 26.2. The largest absolute Gasteiger partial charge is 0.508 e. The molecule has 122 valence electrons. The van der Waals surface area contributed by atoms with E-state index in [9.17, 15) is 14.7 Å². The van der Waals surface area contributed by atoms with E-state index in [2.05, 4.69) is 0 Å². The van der Waals surface area contributed by atoms with E-state index in [4.69, 9.17) is 4.42 Å². The van der Waals surface area contributed by atoms with Crippen LogP contribution >= 0.6 is 0 Å². The van der Waals surface area contributed by atoms with Crippen LogP contribution in [0.25, 0.3) is 11.0 Å². The number of aromatic hydroxyl groups is 1. The fraction of sp³-hybridized carbons (Fsp3) is 0.444. The highest BCUT2D eigenvalue weighted by molar-refractivity contribution is 5.79. The molecule has 0 bridgehead atoms. The second kappa shape index (κ2) is 6.07. The summed E-state index contributed by atoms with van der Waals surface area (Å²) in [6.07, 6.45) is 2.10. The molecule has 0 radical (unpaired) electrons. The number of rotatable bonds is 2. The van der Waals surface area contributed by atoms with Gasteiger partial charge in [-0.2, -0.15) is 0 Å². The first-order valence-electron chi connectivity index (χ1n) is 8.05. The van der Waals surface area contributed by atoms with Crippen LogP contribution in [0.2, 0.25) is 0 Å². The minimum absolute atomic E-state index is 0.0479. The van der Waals surface area contributed by atoms with Gasteiger partial charge in [-0.05, 0) is 31.9 Å². The van der Waals surface area contributed by atoms with Crippen LogP contribution < -0.4 is 5.43 Å². The van der Waals surface area contributed by atoms with Gasteiger partial charge in [-0.1, -0.05) is 6.92 Å². The third kappa shape index (κ3) is 2.83. The minimum Gasteiger partial charge on any atom is -0.508 e. The summed E-state index contributed by atoms with van der Waals surface area (Å²) >= 11 is 0. The number of phenolic OH excluding ortho intramolecular Hbond substituents is 1. The van der Waals surface area contributed by atoms with E-state index >= 15 is 0 Å². The average molecular weight is 315 g/mol. The van der Waals surface area contributed by atoms with Gasteiger partial charge in [0.25, 0.3) is 0 Å². The van der Waals surface area contributed by atoms with Crippen molar-refractivity contribution in [2.45, 2.75) is 39.0 Å². The van der Waals surface area contributed by atoms with Gasteiger partial charge in [0.2, 0.25) is 5.91 Å². The lowest BCUT2D eigenvalue weighted by Gasteiger charge is -2.31. The third-order valence-corrected chi connectivity index (χ3v) is 4.66. The van der Waals surface area contributed by atoms with E-state index in [1.54, 1.807) is 13.0 Å². The molecule has 1 N–H and O–H groups in total.